The topological polar surface area (TPSA) is 70.5 Å². The first-order chi connectivity index (χ1) is 11.8. The maximum atomic E-state index is 10.1. The monoisotopic (exact) mass is 348 g/mol. The average Bonchev–Trinajstić information content (AvgIpc) is 3.14. The number of nitrogens with zero attached hydrogens (tertiary/aromatic N) is 3. The number of aliphatic hydroxyl groups is 1. The van der Waals surface area contributed by atoms with Gasteiger partial charge in [-0.2, -0.15) is 5.10 Å². The van der Waals surface area contributed by atoms with E-state index in [1.54, 1.807) is 17.5 Å². The zero-order valence-electron chi connectivity index (χ0n) is 13.7. The molecule has 0 radical (unpaired) electrons. The molecule has 2 atom stereocenters. The molecule has 0 amide bonds. The van der Waals surface area contributed by atoms with Crippen molar-refractivity contribution < 1.29 is 9.84 Å². The summed E-state index contributed by atoms with van der Waals surface area (Å²) in [5.41, 5.74) is 0. The van der Waals surface area contributed by atoms with Gasteiger partial charge in [0.05, 0.1) is 19.3 Å². The van der Waals surface area contributed by atoms with Gasteiger partial charge in [-0.1, -0.05) is 6.07 Å². The zero-order chi connectivity index (χ0) is 16.6. The van der Waals surface area contributed by atoms with Gasteiger partial charge >= 0.3 is 0 Å². The average molecular weight is 348 g/mol. The maximum absolute atomic E-state index is 10.1. The summed E-state index contributed by atoms with van der Waals surface area (Å²) in [4.78, 5) is 3.43. The van der Waals surface area contributed by atoms with E-state index in [0.717, 1.165) is 31.7 Å². The van der Waals surface area contributed by atoms with Crippen LogP contribution in [-0.2, 0) is 11.3 Å². The molecule has 130 valence electrons. The van der Waals surface area contributed by atoms with Crippen LogP contribution in [0.5, 0.6) is 0 Å². The Morgan fingerprint density at radius 3 is 3.17 bits per heavy atom. The van der Waals surface area contributed by atoms with Crippen molar-refractivity contribution >= 4 is 17.2 Å². The largest absolute Gasteiger partial charge is 0.389 e. The highest BCUT2D eigenvalue weighted by atomic mass is 32.1. The molecule has 0 aliphatic carbocycles. The molecule has 6 nitrogen and oxygen atoms in total. The molecular formula is C17H24N4O2S. The molecule has 0 saturated carbocycles. The third-order valence-electron chi connectivity index (χ3n) is 4.08. The molecule has 2 unspecified atom stereocenters. The number of nitrogens with one attached hydrogen (secondary N) is 1. The Bertz CT molecular complexity index is 582. The fraction of sp³-hybridized carbons (Fsp3) is 0.529. The summed E-state index contributed by atoms with van der Waals surface area (Å²) in [5, 5.41) is 23.7. The second kappa shape index (κ2) is 9.08. The molecule has 24 heavy (non-hydrogen) atoms. The van der Waals surface area contributed by atoms with Gasteiger partial charge in [-0.05, 0) is 36.4 Å². The van der Waals surface area contributed by atoms with Gasteiger partial charge in [0.1, 0.15) is 0 Å². The summed E-state index contributed by atoms with van der Waals surface area (Å²) in [7, 11) is 0. The molecule has 7 heteroatoms. The SMILES string of the molecule is OC(CNC1CCCN(c2cccnn2)C1)COCc1cccs1. The molecular weight excluding hydrogens is 324 g/mol. The van der Waals surface area contributed by atoms with Crippen molar-refractivity contribution in [3.63, 3.8) is 0 Å². The quantitative estimate of drug-likeness (QED) is 0.756. The lowest BCUT2D eigenvalue weighted by atomic mass is 10.1. The Kier molecular flexibility index (Phi) is 6.54. The minimum Gasteiger partial charge on any atom is -0.389 e. The first kappa shape index (κ1) is 17.3. The molecule has 1 aliphatic rings. The number of hydrogen-bond acceptors (Lipinski definition) is 7. The van der Waals surface area contributed by atoms with Gasteiger partial charge in [0.15, 0.2) is 5.82 Å². The zero-order valence-corrected chi connectivity index (χ0v) is 14.5. The lowest BCUT2D eigenvalue weighted by molar-refractivity contribution is 0.0284. The van der Waals surface area contributed by atoms with Gasteiger partial charge in [0.25, 0.3) is 0 Å². The molecule has 0 bridgehead atoms. The minimum atomic E-state index is -0.489. The number of ether oxygens (including phenoxy) is 1. The summed E-state index contributed by atoms with van der Waals surface area (Å²) < 4.78 is 5.56. The molecule has 0 aromatic carbocycles. The van der Waals surface area contributed by atoms with E-state index >= 15 is 0 Å². The van der Waals surface area contributed by atoms with Crippen LogP contribution in [0.25, 0.3) is 0 Å². The Morgan fingerprint density at radius 2 is 2.38 bits per heavy atom. The van der Waals surface area contributed by atoms with Crippen molar-refractivity contribution in [2.24, 2.45) is 0 Å². The molecule has 1 aliphatic heterocycles. The maximum Gasteiger partial charge on any atom is 0.151 e. The van der Waals surface area contributed by atoms with Gasteiger partial charge in [0, 0.05) is 36.8 Å². The first-order valence-corrected chi connectivity index (χ1v) is 9.23. The van der Waals surface area contributed by atoms with E-state index in [1.165, 1.54) is 4.88 Å². The van der Waals surface area contributed by atoms with Gasteiger partial charge in [0.2, 0.25) is 0 Å². The standard InChI is InChI=1S/C17H24N4O2S/c22-15(12-23-13-16-5-3-9-24-16)10-18-14-4-2-8-21(11-14)17-6-1-7-19-20-17/h1,3,5-7,9,14-15,18,22H,2,4,8,10-13H2. The van der Waals surface area contributed by atoms with Crippen LogP contribution in [0, 0.1) is 0 Å². The molecule has 3 rings (SSSR count). The van der Waals surface area contributed by atoms with E-state index < -0.39 is 6.10 Å². The number of hydrogen-bond donors (Lipinski definition) is 2. The van der Waals surface area contributed by atoms with Crippen molar-refractivity contribution in [3.05, 3.63) is 40.7 Å². The number of aromatic nitrogens is 2. The second-order valence-corrected chi connectivity index (χ2v) is 7.06. The normalized spacial score (nSPS) is 19.4. The summed E-state index contributed by atoms with van der Waals surface area (Å²) in [6.45, 7) is 3.36. The Hall–Kier alpha value is -1.54. The van der Waals surface area contributed by atoms with E-state index in [2.05, 4.69) is 20.4 Å². The smallest absolute Gasteiger partial charge is 0.151 e. The highest BCUT2D eigenvalue weighted by molar-refractivity contribution is 7.09. The number of thiophene rings is 1. The lowest BCUT2D eigenvalue weighted by Crippen LogP contribution is -2.48. The van der Waals surface area contributed by atoms with Crippen molar-refractivity contribution in [2.45, 2.75) is 31.6 Å². The highest BCUT2D eigenvalue weighted by Gasteiger charge is 2.21. The van der Waals surface area contributed by atoms with Crippen molar-refractivity contribution in [1.82, 2.24) is 15.5 Å². The van der Waals surface area contributed by atoms with Gasteiger partial charge in [-0.15, -0.1) is 16.4 Å². The van der Waals surface area contributed by atoms with Crippen LogP contribution < -0.4 is 10.2 Å². The van der Waals surface area contributed by atoms with Crippen LogP contribution in [0.1, 0.15) is 17.7 Å². The molecule has 1 fully saturated rings. The molecule has 2 aromatic heterocycles. The van der Waals surface area contributed by atoms with E-state index in [-0.39, 0.29) is 0 Å². The lowest BCUT2D eigenvalue weighted by Gasteiger charge is -2.34. The second-order valence-electron chi connectivity index (χ2n) is 6.02. The van der Waals surface area contributed by atoms with Crippen molar-refractivity contribution in [2.75, 3.05) is 31.1 Å². The van der Waals surface area contributed by atoms with Crippen LogP contribution in [-0.4, -0.2) is 53.7 Å². The Morgan fingerprint density at radius 1 is 1.42 bits per heavy atom. The van der Waals surface area contributed by atoms with E-state index in [4.69, 9.17) is 4.74 Å². The van der Waals surface area contributed by atoms with E-state index in [1.807, 2.05) is 29.6 Å². The fourth-order valence-electron chi connectivity index (χ4n) is 2.87. The first-order valence-electron chi connectivity index (χ1n) is 8.35. The number of aliphatic hydroxyl groups excluding tert-OH is 1. The van der Waals surface area contributed by atoms with E-state index in [0.29, 0.717) is 25.8 Å². The molecule has 2 N–H and O–H groups in total. The van der Waals surface area contributed by atoms with Crippen LogP contribution in [0.2, 0.25) is 0 Å². The Balaban J connectivity index is 1.36. The fourth-order valence-corrected chi connectivity index (χ4v) is 3.51. The molecule has 0 spiro atoms. The predicted octanol–water partition coefficient (Wildman–Crippen LogP) is 1.67. The van der Waals surface area contributed by atoms with Crippen LogP contribution >= 0.6 is 11.3 Å². The van der Waals surface area contributed by atoms with Gasteiger partial charge in [-0.3, -0.25) is 0 Å². The summed E-state index contributed by atoms with van der Waals surface area (Å²) in [5.74, 6) is 0.920. The molecule has 2 aromatic rings. The summed E-state index contributed by atoms with van der Waals surface area (Å²) in [6.07, 6.45) is 3.42. The third-order valence-corrected chi connectivity index (χ3v) is 4.93. The molecule has 3 heterocycles. The van der Waals surface area contributed by atoms with Crippen molar-refractivity contribution in [1.29, 1.82) is 0 Å². The predicted molar refractivity (Wildman–Crippen MR) is 95.3 cm³/mol. The number of anilines is 1. The van der Waals surface area contributed by atoms with Gasteiger partial charge in [-0.25, -0.2) is 0 Å². The minimum absolute atomic E-state index is 0.353. The van der Waals surface area contributed by atoms with Crippen LogP contribution in [0.4, 0.5) is 5.82 Å². The number of rotatable bonds is 8. The summed E-state index contributed by atoms with van der Waals surface area (Å²) >= 11 is 1.67. The number of piperidine rings is 1. The van der Waals surface area contributed by atoms with Gasteiger partial charge < -0.3 is 20.1 Å². The Labute approximate surface area is 146 Å². The van der Waals surface area contributed by atoms with Crippen molar-refractivity contribution in [3.8, 4) is 0 Å². The van der Waals surface area contributed by atoms with Crippen LogP contribution in [0.15, 0.2) is 35.8 Å². The van der Waals surface area contributed by atoms with E-state index in [9.17, 15) is 5.11 Å². The third kappa shape index (κ3) is 5.24. The summed E-state index contributed by atoms with van der Waals surface area (Å²) in [6, 6.07) is 8.30. The highest BCUT2D eigenvalue weighted by Crippen LogP contribution is 2.16. The molecule has 1 saturated heterocycles. The van der Waals surface area contributed by atoms with Crippen LogP contribution in [0.3, 0.4) is 0 Å².